The minimum absolute atomic E-state index is 0.175. The zero-order valence-corrected chi connectivity index (χ0v) is 10.6. The molecule has 0 saturated carbocycles. The molecule has 94 valence electrons. The highest BCUT2D eigenvalue weighted by Gasteiger charge is 2.26. The molecule has 1 aliphatic rings. The van der Waals surface area contributed by atoms with Gasteiger partial charge in [0.1, 0.15) is 0 Å². The molecule has 1 saturated heterocycles. The van der Waals surface area contributed by atoms with Crippen molar-refractivity contribution < 1.29 is 9.90 Å². The second-order valence-electron chi connectivity index (χ2n) is 4.83. The van der Waals surface area contributed by atoms with E-state index in [0.717, 1.165) is 32.5 Å². The Kier molecular flexibility index (Phi) is 5.22. The zero-order chi connectivity index (χ0) is 12.1. The average molecular weight is 228 g/mol. The summed E-state index contributed by atoms with van der Waals surface area (Å²) < 4.78 is 0. The minimum Gasteiger partial charge on any atom is -0.480 e. The van der Waals surface area contributed by atoms with E-state index in [1.165, 1.54) is 0 Å². The van der Waals surface area contributed by atoms with Gasteiger partial charge in [-0.1, -0.05) is 6.92 Å². The van der Waals surface area contributed by atoms with Crippen molar-refractivity contribution in [3.8, 4) is 0 Å². The molecule has 0 aromatic heterocycles. The quantitative estimate of drug-likeness (QED) is 0.769. The molecule has 1 N–H and O–H groups in total. The molecule has 0 aliphatic carbocycles. The molecule has 1 heterocycles. The monoisotopic (exact) mass is 228 g/mol. The fourth-order valence-corrected chi connectivity index (χ4v) is 2.46. The number of carbonyl (C=O) groups is 1. The summed E-state index contributed by atoms with van der Waals surface area (Å²) in [5, 5.41) is 8.91. The minimum atomic E-state index is -0.716. The van der Waals surface area contributed by atoms with Crippen molar-refractivity contribution in [1.29, 1.82) is 0 Å². The van der Waals surface area contributed by atoms with Crippen LogP contribution in [0.2, 0.25) is 0 Å². The number of carboxylic acid groups (broad SMARTS) is 1. The van der Waals surface area contributed by atoms with Crippen molar-refractivity contribution in [2.45, 2.75) is 45.7 Å². The third-order valence-corrected chi connectivity index (χ3v) is 3.45. The van der Waals surface area contributed by atoms with E-state index in [9.17, 15) is 4.79 Å². The normalized spacial score (nSPS) is 19.6. The van der Waals surface area contributed by atoms with E-state index in [1.807, 2.05) is 0 Å². The van der Waals surface area contributed by atoms with E-state index in [-0.39, 0.29) is 6.54 Å². The van der Waals surface area contributed by atoms with E-state index < -0.39 is 5.97 Å². The molecule has 0 amide bonds. The van der Waals surface area contributed by atoms with Crippen LogP contribution in [0.25, 0.3) is 0 Å². The van der Waals surface area contributed by atoms with Crippen LogP contribution in [0, 0.1) is 0 Å². The predicted octanol–water partition coefficient (Wildman–Crippen LogP) is 1.27. The summed E-state index contributed by atoms with van der Waals surface area (Å²) in [6.45, 7) is 9.82. The van der Waals surface area contributed by atoms with Crippen molar-refractivity contribution in [3.05, 3.63) is 0 Å². The summed E-state index contributed by atoms with van der Waals surface area (Å²) in [5.74, 6) is -0.716. The van der Waals surface area contributed by atoms with Gasteiger partial charge in [0.25, 0.3) is 0 Å². The van der Waals surface area contributed by atoms with Crippen molar-refractivity contribution in [2.75, 3.05) is 26.2 Å². The molecule has 0 spiro atoms. The molecule has 0 aromatic carbocycles. The number of piperidine rings is 1. The van der Waals surface area contributed by atoms with Gasteiger partial charge >= 0.3 is 5.97 Å². The Morgan fingerprint density at radius 1 is 1.44 bits per heavy atom. The Morgan fingerprint density at radius 2 is 2.00 bits per heavy atom. The van der Waals surface area contributed by atoms with Gasteiger partial charge in [0.15, 0.2) is 0 Å². The van der Waals surface area contributed by atoms with Gasteiger partial charge < -0.3 is 10.0 Å². The van der Waals surface area contributed by atoms with Gasteiger partial charge in [-0.3, -0.25) is 9.69 Å². The number of carboxylic acids is 1. The van der Waals surface area contributed by atoms with Gasteiger partial charge in [-0.25, -0.2) is 0 Å². The number of rotatable bonds is 5. The lowest BCUT2D eigenvalue weighted by Crippen LogP contribution is -2.49. The van der Waals surface area contributed by atoms with Gasteiger partial charge in [0.05, 0.1) is 6.54 Å². The molecule has 1 fully saturated rings. The number of hydrogen-bond acceptors (Lipinski definition) is 3. The van der Waals surface area contributed by atoms with E-state index >= 15 is 0 Å². The van der Waals surface area contributed by atoms with E-state index in [2.05, 4.69) is 30.6 Å². The van der Waals surface area contributed by atoms with Crippen molar-refractivity contribution in [1.82, 2.24) is 9.80 Å². The molecule has 0 unspecified atom stereocenters. The van der Waals surface area contributed by atoms with E-state index in [1.54, 1.807) is 0 Å². The molecule has 16 heavy (non-hydrogen) atoms. The molecular weight excluding hydrogens is 204 g/mol. The number of hydrogen-bond donors (Lipinski definition) is 1. The maximum atomic E-state index is 10.8. The summed E-state index contributed by atoms with van der Waals surface area (Å²) in [4.78, 5) is 15.4. The molecule has 0 atom stereocenters. The predicted molar refractivity (Wildman–Crippen MR) is 64.6 cm³/mol. The first kappa shape index (κ1) is 13.5. The highest BCUT2D eigenvalue weighted by Crippen LogP contribution is 2.18. The zero-order valence-electron chi connectivity index (χ0n) is 10.6. The molecule has 1 rings (SSSR count). The Balaban J connectivity index is 2.50. The lowest BCUT2D eigenvalue weighted by atomic mass is 10.0. The van der Waals surface area contributed by atoms with Crippen molar-refractivity contribution in [2.24, 2.45) is 0 Å². The lowest BCUT2D eigenvalue weighted by Gasteiger charge is -2.39. The third-order valence-electron chi connectivity index (χ3n) is 3.45. The Bertz CT molecular complexity index is 223. The second-order valence-corrected chi connectivity index (χ2v) is 4.83. The van der Waals surface area contributed by atoms with Crippen molar-refractivity contribution in [3.63, 3.8) is 0 Å². The van der Waals surface area contributed by atoms with Crippen LogP contribution in [0.15, 0.2) is 0 Å². The fourth-order valence-electron chi connectivity index (χ4n) is 2.46. The first-order valence-electron chi connectivity index (χ1n) is 6.24. The van der Waals surface area contributed by atoms with E-state index in [4.69, 9.17) is 5.11 Å². The smallest absolute Gasteiger partial charge is 0.317 e. The SMILES string of the molecule is CCN1CCC(N(CC(=O)O)C(C)C)CC1. The van der Waals surface area contributed by atoms with Crippen molar-refractivity contribution >= 4 is 5.97 Å². The van der Waals surface area contributed by atoms with Crippen LogP contribution in [0.3, 0.4) is 0 Å². The van der Waals surface area contributed by atoms with Crippen LogP contribution in [0.4, 0.5) is 0 Å². The molecule has 4 nitrogen and oxygen atoms in total. The van der Waals surface area contributed by atoms with E-state index in [0.29, 0.717) is 12.1 Å². The maximum Gasteiger partial charge on any atom is 0.317 e. The Hall–Kier alpha value is -0.610. The van der Waals surface area contributed by atoms with Crippen LogP contribution in [-0.2, 0) is 4.79 Å². The topological polar surface area (TPSA) is 43.8 Å². The van der Waals surface area contributed by atoms with Gasteiger partial charge in [-0.2, -0.15) is 0 Å². The summed E-state index contributed by atoms with van der Waals surface area (Å²) in [6.07, 6.45) is 2.19. The first-order chi connectivity index (χ1) is 7.54. The van der Waals surface area contributed by atoms with Crippen LogP contribution in [-0.4, -0.2) is 59.1 Å². The van der Waals surface area contributed by atoms with Gasteiger partial charge in [0.2, 0.25) is 0 Å². The number of likely N-dealkylation sites (tertiary alicyclic amines) is 1. The Labute approximate surface area is 98.2 Å². The van der Waals surface area contributed by atoms with Crippen LogP contribution in [0.1, 0.15) is 33.6 Å². The van der Waals surface area contributed by atoms with Gasteiger partial charge in [0, 0.05) is 12.1 Å². The lowest BCUT2D eigenvalue weighted by molar-refractivity contribution is -0.139. The largest absolute Gasteiger partial charge is 0.480 e. The molecule has 0 bridgehead atoms. The summed E-state index contributed by atoms with van der Waals surface area (Å²) in [5.41, 5.74) is 0. The molecule has 1 aliphatic heterocycles. The number of nitrogens with zero attached hydrogens (tertiary/aromatic N) is 2. The highest BCUT2D eigenvalue weighted by atomic mass is 16.4. The first-order valence-corrected chi connectivity index (χ1v) is 6.24. The fraction of sp³-hybridized carbons (Fsp3) is 0.917. The molecule has 0 radical (unpaired) electrons. The van der Waals surface area contributed by atoms with Crippen LogP contribution in [0.5, 0.6) is 0 Å². The molecule has 4 heteroatoms. The van der Waals surface area contributed by atoms with Crippen LogP contribution >= 0.6 is 0 Å². The summed E-state index contributed by atoms with van der Waals surface area (Å²) >= 11 is 0. The Morgan fingerprint density at radius 3 is 2.38 bits per heavy atom. The van der Waals surface area contributed by atoms with Gasteiger partial charge in [-0.15, -0.1) is 0 Å². The molecular formula is C12H24N2O2. The average Bonchev–Trinajstić information content (AvgIpc) is 2.25. The van der Waals surface area contributed by atoms with Crippen LogP contribution < -0.4 is 0 Å². The highest BCUT2D eigenvalue weighted by molar-refractivity contribution is 5.69. The van der Waals surface area contributed by atoms with Gasteiger partial charge in [-0.05, 0) is 46.3 Å². The number of aliphatic carboxylic acids is 1. The molecule has 0 aromatic rings. The standard InChI is InChI=1S/C12H24N2O2/c1-4-13-7-5-11(6-8-13)14(10(2)3)9-12(15)16/h10-11H,4-9H2,1-3H3,(H,15,16). The second kappa shape index (κ2) is 6.21. The maximum absolute atomic E-state index is 10.8. The summed E-state index contributed by atoms with van der Waals surface area (Å²) in [6, 6.07) is 0.758. The third kappa shape index (κ3) is 3.76. The summed E-state index contributed by atoms with van der Waals surface area (Å²) in [7, 11) is 0.